The first-order valence-corrected chi connectivity index (χ1v) is 10.5. The first kappa shape index (κ1) is 22.8. The maximum Gasteiger partial charge on any atom is 0.338 e. The molecule has 1 aromatic carbocycles. The molecular weight excluding hydrogens is 431 g/mol. The van der Waals surface area contributed by atoms with E-state index in [0.717, 1.165) is 21.6 Å². The third-order valence-corrected chi connectivity index (χ3v) is 6.71. The molecule has 162 valence electrons. The molecule has 4 rings (SSSR count). The zero-order chi connectivity index (χ0) is 20.6. The van der Waals surface area contributed by atoms with Crippen LogP contribution in [0.1, 0.15) is 50.9 Å². The number of β-amino-alcohol motifs (C(OH)–C–C–N with tert-alkyl or cyclic N) is 1. The number of benzene rings is 1. The predicted molar refractivity (Wildman–Crippen MR) is 113 cm³/mol. The number of ether oxygens (including phenoxy) is 1. The summed E-state index contributed by atoms with van der Waals surface area (Å²) < 4.78 is 24.2. The summed E-state index contributed by atoms with van der Waals surface area (Å²) in [6.45, 7) is 3.28. The molecule has 3 heterocycles. The number of esters is 1. The number of aliphatic hydroxyl groups is 1. The van der Waals surface area contributed by atoms with Gasteiger partial charge in [-0.3, -0.25) is 4.79 Å². The van der Waals surface area contributed by atoms with Crippen LogP contribution in [0.25, 0.3) is 0 Å². The van der Waals surface area contributed by atoms with Crippen LogP contribution in [-0.4, -0.2) is 51.4 Å². The summed E-state index contributed by atoms with van der Waals surface area (Å²) in [5.41, 5.74) is 1.17. The molecule has 0 bridgehead atoms. The van der Waals surface area contributed by atoms with Crippen LogP contribution < -0.4 is 0 Å². The first-order valence-electron chi connectivity index (χ1n) is 9.69. The number of carbonyl (C=O) groups is 2. The summed E-state index contributed by atoms with van der Waals surface area (Å²) in [5.74, 6) is -0.719. The molecule has 2 aromatic rings. The van der Waals surface area contributed by atoms with Gasteiger partial charge < -0.3 is 14.7 Å². The number of ketones is 1. The number of Topliss-reactive ketones (excluding diaryl/α,β-unsaturated/α-hetero) is 1. The molecule has 0 amide bonds. The number of piperidine rings is 1. The average molecular weight is 455 g/mol. The number of alkyl halides is 1. The molecule has 0 aliphatic carbocycles. The van der Waals surface area contributed by atoms with Gasteiger partial charge in [0.15, 0.2) is 11.5 Å². The van der Waals surface area contributed by atoms with Crippen molar-refractivity contribution < 1.29 is 23.8 Å². The molecule has 1 saturated heterocycles. The van der Waals surface area contributed by atoms with Crippen molar-refractivity contribution in [1.82, 2.24) is 9.27 Å². The highest BCUT2D eigenvalue weighted by Crippen LogP contribution is 2.32. The molecule has 1 N–H and O–H groups in total. The van der Waals surface area contributed by atoms with Gasteiger partial charge in [-0.15, -0.1) is 12.4 Å². The zero-order valence-electron chi connectivity index (χ0n) is 16.6. The zero-order valence-corrected chi connectivity index (χ0v) is 18.2. The van der Waals surface area contributed by atoms with Crippen molar-refractivity contribution in [3.63, 3.8) is 0 Å². The summed E-state index contributed by atoms with van der Waals surface area (Å²) in [6.07, 6.45) is 1.20. The van der Waals surface area contributed by atoms with Crippen molar-refractivity contribution >= 4 is 35.7 Å². The number of carbonyl (C=O) groups excluding carboxylic acids is 2. The van der Waals surface area contributed by atoms with Crippen molar-refractivity contribution in [2.45, 2.75) is 44.6 Å². The topological polar surface area (TPSA) is 79.7 Å². The Morgan fingerprint density at radius 1 is 1.37 bits per heavy atom. The van der Waals surface area contributed by atoms with Crippen molar-refractivity contribution in [1.29, 1.82) is 0 Å². The summed E-state index contributed by atoms with van der Waals surface area (Å²) >= 11 is 1.22. The molecule has 2 aliphatic heterocycles. The lowest BCUT2D eigenvalue weighted by atomic mass is 9.87. The Hall–Kier alpha value is -1.87. The predicted octanol–water partition coefficient (Wildman–Crippen LogP) is 3.19. The molecule has 1 atom stereocenters. The van der Waals surface area contributed by atoms with Crippen LogP contribution in [0.2, 0.25) is 0 Å². The molecule has 30 heavy (non-hydrogen) atoms. The largest absolute Gasteiger partial charge is 0.457 e. The second kappa shape index (κ2) is 9.09. The second-order valence-electron chi connectivity index (χ2n) is 7.74. The molecule has 0 unspecified atom stereocenters. The number of aliphatic hydroxyl groups excluding tert-OH is 1. The van der Waals surface area contributed by atoms with Gasteiger partial charge in [-0.05, 0) is 41.7 Å². The van der Waals surface area contributed by atoms with E-state index in [4.69, 9.17) is 4.74 Å². The maximum absolute atomic E-state index is 15.1. The van der Waals surface area contributed by atoms with E-state index in [0.29, 0.717) is 25.2 Å². The van der Waals surface area contributed by atoms with E-state index in [-0.39, 0.29) is 50.0 Å². The van der Waals surface area contributed by atoms with Gasteiger partial charge in [0.2, 0.25) is 0 Å². The van der Waals surface area contributed by atoms with E-state index in [1.807, 2.05) is 11.8 Å². The van der Waals surface area contributed by atoms with Gasteiger partial charge >= 0.3 is 5.97 Å². The fraction of sp³-hybridized carbons (Fsp3) is 0.476. The number of cyclic esters (lactones) is 1. The summed E-state index contributed by atoms with van der Waals surface area (Å²) in [5, 5.41) is 10.7. The number of halogens is 2. The monoisotopic (exact) mass is 454 g/mol. The third kappa shape index (κ3) is 4.42. The number of aromatic nitrogens is 1. The fourth-order valence-corrected chi connectivity index (χ4v) is 4.66. The Morgan fingerprint density at radius 3 is 2.77 bits per heavy atom. The third-order valence-electron chi connectivity index (χ3n) is 5.97. The average Bonchev–Trinajstić information content (AvgIpc) is 3.34. The molecule has 0 spiro atoms. The Kier molecular flexibility index (Phi) is 6.91. The van der Waals surface area contributed by atoms with Crippen molar-refractivity contribution in [2.24, 2.45) is 0 Å². The number of likely N-dealkylation sites (tertiary alicyclic amines) is 1. The summed E-state index contributed by atoms with van der Waals surface area (Å²) in [4.78, 5) is 26.8. The van der Waals surface area contributed by atoms with Gasteiger partial charge in [-0.25, -0.2) is 13.6 Å². The van der Waals surface area contributed by atoms with E-state index < -0.39 is 11.8 Å². The van der Waals surface area contributed by atoms with Crippen LogP contribution in [0.4, 0.5) is 4.39 Å². The Bertz CT molecular complexity index is 929. The minimum Gasteiger partial charge on any atom is -0.457 e. The van der Waals surface area contributed by atoms with Gasteiger partial charge in [0, 0.05) is 55.5 Å². The van der Waals surface area contributed by atoms with Crippen molar-refractivity contribution in [2.75, 3.05) is 19.6 Å². The van der Waals surface area contributed by atoms with Crippen LogP contribution >= 0.6 is 23.9 Å². The van der Waals surface area contributed by atoms with Crippen LogP contribution in [0, 0.1) is 6.92 Å². The number of hydrogen-bond donors (Lipinski definition) is 1. The van der Waals surface area contributed by atoms with E-state index in [9.17, 15) is 14.7 Å². The Balaban J connectivity index is 0.00000256. The molecular formula is C21H24ClFN2O4S. The lowest BCUT2D eigenvalue weighted by Gasteiger charge is -2.36. The van der Waals surface area contributed by atoms with E-state index in [1.54, 1.807) is 24.4 Å². The second-order valence-corrected chi connectivity index (χ2v) is 8.66. The van der Waals surface area contributed by atoms with E-state index in [1.165, 1.54) is 11.5 Å². The van der Waals surface area contributed by atoms with Gasteiger partial charge in [0.05, 0.1) is 11.7 Å². The quantitative estimate of drug-likeness (QED) is 0.675. The maximum atomic E-state index is 15.1. The number of hydrogen-bond acceptors (Lipinski definition) is 7. The van der Waals surface area contributed by atoms with Crippen LogP contribution in [0.15, 0.2) is 24.4 Å². The summed E-state index contributed by atoms with van der Waals surface area (Å²) in [7, 11) is 0. The highest BCUT2D eigenvalue weighted by atomic mass is 35.5. The van der Waals surface area contributed by atoms with Crippen molar-refractivity contribution in [3.05, 3.63) is 51.5 Å². The number of rotatable bonds is 6. The van der Waals surface area contributed by atoms with E-state index >= 15 is 4.39 Å². The van der Waals surface area contributed by atoms with Gasteiger partial charge in [0.1, 0.15) is 6.61 Å². The van der Waals surface area contributed by atoms with Gasteiger partial charge in [0.25, 0.3) is 0 Å². The molecule has 6 nitrogen and oxygen atoms in total. The normalized spacial score (nSPS) is 19.0. The first-order chi connectivity index (χ1) is 13.9. The van der Waals surface area contributed by atoms with Gasteiger partial charge in [-0.2, -0.15) is 0 Å². The fourth-order valence-electron chi connectivity index (χ4n) is 4.09. The smallest absolute Gasteiger partial charge is 0.338 e. The van der Waals surface area contributed by atoms with Crippen LogP contribution in [0.5, 0.6) is 0 Å². The van der Waals surface area contributed by atoms with Crippen molar-refractivity contribution in [3.8, 4) is 0 Å². The minimum absolute atomic E-state index is 0. The number of nitrogens with zero attached hydrogens (tertiary/aromatic N) is 2. The molecule has 1 fully saturated rings. The molecule has 0 saturated carbocycles. The molecule has 1 aromatic heterocycles. The Labute approximate surface area is 184 Å². The van der Waals surface area contributed by atoms with Gasteiger partial charge in [-0.1, -0.05) is 6.07 Å². The number of fused-ring (bicyclic) bond motifs is 1. The highest BCUT2D eigenvalue weighted by Gasteiger charge is 2.41. The van der Waals surface area contributed by atoms with Crippen LogP contribution in [0.3, 0.4) is 0 Å². The molecule has 2 aliphatic rings. The molecule has 9 heteroatoms. The lowest BCUT2D eigenvalue weighted by Crippen LogP contribution is -2.47. The van der Waals surface area contributed by atoms with E-state index in [2.05, 4.69) is 4.37 Å². The molecule has 0 radical (unpaired) electrons. The van der Waals surface area contributed by atoms with Crippen LogP contribution in [-0.2, 0) is 22.6 Å². The SMILES string of the molecule is Cc1c([C@@H](O)CN2CCC(F)(C(=O)Cc3ccns3)CC2)ccc2c1COC2=O.Cl. The minimum atomic E-state index is -1.81. The Morgan fingerprint density at radius 2 is 2.10 bits per heavy atom. The highest BCUT2D eigenvalue weighted by molar-refractivity contribution is 7.05. The standard InChI is InChI=1S/C21H23FN2O4S.ClH/c1-13-15(2-3-16-17(13)12-28-20(16)27)18(25)11-24-8-5-21(22,6-9-24)19(26)10-14-4-7-23-29-14;/h2-4,7,18,25H,5-6,8-12H2,1H3;1H/t18-;/m0./s1. The lowest BCUT2D eigenvalue weighted by molar-refractivity contribution is -0.133. The summed E-state index contributed by atoms with van der Waals surface area (Å²) in [6, 6.07) is 5.19.